The highest BCUT2D eigenvalue weighted by Gasteiger charge is 2.55. The zero-order chi connectivity index (χ0) is 21.4. The molecule has 0 aliphatic heterocycles. The van der Waals surface area contributed by atoms with Gasteiger partial charge in [0.2, 0.25) is 0 Å². The van der Waals surface area contributed by atoms with E-state index in [0.29, 0.717) is 0 Å². The average Bonchev–Trinajstić information content (AvgIpc) is 2.99. The van der Waals surface area contributed by atoms with Crippen molar-refractivity contribution in [1.82, 2.24) is 0 Å². The van der Waals surface area contributed by atoms with Crippen LogP contribution < -0.4 is 20.3 Å². The normalized spacial score (nSPS) is 19.0. The maximum Gasteiger partial charge on any atom is 0.161 e. The summed E-state index contributed by atoms with van der Waals surface area (Å²) in [6.07, 6.45) is 2.53. The van der Waals surface area contributed by atoms with Crippen molar-refractivity contribution in [3.05, 3.63) is 108 Å². The van der Waals surface area contributed by atoms with Crippen molar-refractivity contribution in [2.75, 3.05) is 7.11 Å². The van der Waals surface area contributed by atoms with Gasteiger partial charge in [0, 0.05) is 5.04 Å². The second-order valence-electron chi connectivity index (χ2n) is 8.49. The van der Waals surface area contributed by atoms with E-state index in [-0.39, 0.29) is 5.04 Å². The predicted molar refractivity (Wildman–Crippen MR) is 131 cm³/mol. The molecule has 30 heavy (non-hydrogen) atoms. The fraction of sp³-hybridized carbons (Fsp3) is 0.214. The number of hydrogen-bond donors (Lipinski definition) is 0. The van der Waals surface area contributed by atoms with E-state index in [9.17, 15) is 0 Å². The quantitative estimate of drug-likeness (QED) is 0.414. The molecule has 0 fully saturated rings. The lowest BCUT2D eigenvalue weighted by molar-refractivity contribution is 0.415. The minimum Gasteiger partial charge on any atom is -0.497 e. The maximum absolute atomic E-state index is 5.68. The van der Waals surface area contributed by atoms with E-state index in [4.69, 9.17) is 4.74 Å². The molecule has 0 spiro atoms. The van der Waals surface area contributed by atoms with Crippen LogP contribution in [0, 0.1) is 0 Å². The van der Waals surface area contributed by atoms with Crippen LogP contribution >= 0.6 is 0 Å². The smallest absolute Gasteiger partial charge is 0.161 e. The molecule has 3 aromatic carbocycles. The number of benzene rings is 3. The van der Waals surface area contributed by atoms with Crippen LogP contribution in [0.2, 0.25) is 5.04 Å². The van der Waals surface area contributed by atoms with Crippen molar-refractivity contribution < 1.29 is 4.74 Å². The van der Waals surface area contributed by atoms with Crippen LogP contribution in [0.1, 0.15) is 27.7 Å². The Morgan fingerprint density at radius 1 is 0.700 bits per heavy atom. The molecule has 0 saturated carbocycles. The molecule has 1 atom stereocenters. The lowest BCUT2D eigenvalue weighted by atomic mass is 10.0. The molecule has 2 heteroatoms. The van der Waals surface area contributed by atoms with Crippen LogP contribution in [-0.4, -0.2) is 15.2 Å². The second-order valence-corrected chi connectivity index (χ2v) is 12.8. The summed E-state index contributed by atoms with van der Waals surface area (Å²) in [6, 6.07) is 31.0. The monoisotopic (exact) mass is 410 g/mol. The van der Waals surface area contributed by atoms with E-state index >= 15 is 0 Å². The Bertz CT molecular complexity index is 1070. The van der Waals surface area contributed by atoms with Gasteiger partial charge in [0.15, 0.2) is 8.07 Å². The molecule has 1 unspecified atom stereocenters. The van der Waals surface area contributed by atoms with E-state index in [1.54, 1.807) is 7.11 Å². The molecule has 1 aliphatic carbocycles. The lowest BCUT2D eigenvalue weighted by Crippen LogP contribution is -2.73. The number of rotatable bonds is 5. The van der Waals surface area contributed by atoms with Crippen LogP contribution in [0.15, 0.2) is 108 Å². The lowest BCUT2D eigenvalue weighted by Gasteiger charge is -2.47. The van der Waals surface area contributed by atoms with Crippen molar-refractivity contribution in [3.8, 4) is 5.75 Å². The molecule has 0 N–H and O–H groups in total. The first-order valence-corrected chi connectivity index (χ1v) is 12.6. The molecule has 0 bridgehead atoms. The third-order valence-corrected chi connectivity index (χ3v) is 12.8. The van der Waals surface area contributed by atoms with Gasteiger partial charge in [-0.05, 0) is 54.0 Å². The molecule has 0 heterocycles. The largest absolute Gasteiger partial charge is 0.497 e. The minimum absolute atomic E-state index is 0.0871. The van der Waals surface area contributed by atoms with Crippen LogP contribution in [0.4, 0.5) is 0 Å². The van der Waals surface area contributed by atoms with Crippen LogP contribution in [0.5, 0.6) is 5.75 Å². The van der Waals surface area contributed by atoms with E-state index in [0.717, 1.165) is 5.75 Å². The summed E-state index contributed by atoms with van der Waals surface area (Å²) in [7, 11) is -0.770. The zero-order valence-electron chi connectivity index (χ0n) is 18.6. The van der Waals surface area contributed by atoms with Gasteiger partial charge < -0.3 is 4.74 Å². The predicted octanol–water partition coefficient (Wildman–Crippen LogP) is 5.22. The topological polar surface area (TPSA) is 9.23 Å². The Morgan fingerprint density at radius 2 is 1.23 bits per heavy atom. The molecule has 0 aromatic heterocycles. The van der Waals surface area contributed by atoms with Crippen LogP contribution in [0.25, 0.3) is 0 Å². The minimum atomic E-state index is -2.52. The molecular weight excluding hydrogens is 380 g/mol. The standard InChI is InChI=1S/C28H30OSi/c1-21-20-28(4,23(3)22(21)2)30(25-14-8-6-9-15-25,26-16-10-7-11-17-26)27-18-12-13-24(19-27)29-5/h6-20H,1-5H3. The van der Waals surface area contributed by atoms with Gasteiger partial charge in [-0.15, -0.1) is 0 Å². The van der Waals surface area contributed by atoms with E-state index in [1.807, 2.05) is 6.07 Å². The van der Waals surface area contributed by atoms with Gasteiger partial charge in [0.1, 0.15) is 5.75 Å². The highest BCUT2D eigenvalue weighted by Crippen LogP contribution is 2.52. The Balaban J connectivity index is 2.19. The fourth-order valence-corrected chi connectivity index (χ4v) is 11.4. The van der Waals surface area contributed by atoms with Gasteiger partial charge in [-0.25, -0.2) is 0 Å². The van der Waals surface area contributed by atoms with Crippen molar-refractivity contribution in [1.29, 1.82) is 0 Å². The Morgan fingerprint density at radius 3 is 1.70 bits per heavy atom. The van der Waals surface area contributed by atoms with Crippen LogP contribution in [-0.2, 0) is 0 Å². The van der Waals surface area contributed by atoms with Crippen molar-refractivity contribution in [2.24, 2.45) is 0 Å². The number of allylic oxidation sites excluding steroid dienone is 4. The highest BCUT2D eigenvalue weighted by molar-refractivity contribution is 7.14. The van der Waals surface area contributed by atoms with Gasteiger partial charge in [-0.2, -0.15) is 0 Å². The van der Waals surface area contributed by atoms with Gasteiger partial charge >= 0.3 is 0 Å². The Labute approximate surface area is 181 Å². The maximum atomic E-state index is 5.68. The third kappa shape index (κ3) is 2.90. The van der Waals surface area contributed by atoms with Crippen LogP contribution in [0.3, 0.4) is 0 Å². The molecule has 1 aliphatic rings. The molecule has 1 nitrogen and oxygen atoms in total. The Hall–Kier alpha value is -2.84. The van der Waals surface area contributed by atoms with Gasteiger partial charge in [-0.3, -0.25) is 0 Å². The van der Waals surface area contributed by atoms with Crippen molar-refractivity contribution in [2.45, 2.75) is 32.7 Å². The number of hydrogen-bond acceptors (Lipinski definition) is 1. The zero-order valence-corrected chi connectivity index (χ0v) is 19.6. The molecular formula is C28H30OSi. The van der Waals surface area contributed by atoms with E-state index in [1.165, 1.54) is 32.3 Å². The molecule has 0 saturated heterocycles. The third-order valence-electron chi connectivity index (χ3n) is 7.13. The summed E-state index contributed by atoms with van der Waals surface area (Å²) in [4.78, 5) is 0. The summed E-state index contributed by atoms with van der Waals surface area (Å²) >= 11 is 0. The van der Waals surface area contributed by atoms with Crippen molar-refractivity contribution in [3.63, 3.8) is 0 Å². The molecule has 4 rings (SSSR count). The molecule has 152 valence electrons. The van der Waals surface area contributed by atoms with Gasteiger partial charge in [0.05, 0.1) is 7.11 Å². The fourth-order valence-electron chi connectivity index (χ4n) is 5.36. The highest BCUT2D eigenvalue weighted by atomic mass is 28.3. The summed E-state index contributed by atoms with van der Waals surface area (Å²) in [5.41, 5.74) is 4.29. The Kier molecular flexibility index (Phi) is 5.29. The summed E-state index contributed by atoms with van der Waals surface area (Å²) in [5.74, 6) is 0.914. The summed E-state index contributed by atoms with van der Waals surface area (Å²) in [5, 5.41) is 4.13. The van der Waals surface area contributed by atoms with E-state index < -0.39 is 8.07 Å². The van der Waals surface area contributed by atoms with Crippen molar-refractivity contribution >= 4 is 23.6 Å². The average molecular weight is 411 g/mol. The number of ether oxygens (including phenoxy) is 1. The number of methoxy groups -OCH3 is 1. The van der Waals surface area contributed by atoms with Gasteiger partial charge in [0.25, 0.3) is 0 Å². The first kappa shape index (κ1) is 20.4. The molecule has 3 aromatic rings. The molecule has 0 radical (unpaired) electrons. The summed E-state index contributed by atoms with van der Waals surface area (Å²) < 4.78 is 5.68. The first-order chi connectivity index (χ1) is 14.4. The SMILES string of the molecule is COc1cccc([Si](c2ccccc2)(c2ccccc2)C2(C)C=C(C)C(C)=C2C)c1. The summed E-state index contributed by atoms with van der Waals surface area (Å²) in [6.45, 7) is 9.31. The molecule has 0 amide bonds. The first-order valence-electron chi connectivity index (χ1n) is 10.6. The van der Waals surface area contributed by atoms with Gasteiger partial charge in [-0.1, -0.05) is 96.9 Å². The van der Waals surface area contributed by atoms with E-state index in [2.05, 4.69) is 113 Å². The second kappa shape index (κ2) is 7.77.